The Morgan fingerprint density at radius 1 is 1.06 bits per heavy atom. The van der Waals surface area contributed by atoms with Crippen molar-refractivity contribution in [3.05, 3.63) is 96.7 Å². The van der Waals surface area contributed by atoms with E-state index in [1.807, 2.05) is 30.3 Å². The van der Waals surface area contributed by atoms with Gasteiger partial charge in [-0.2, -0.15) is 0 Å². The fourth-order valence-corrected chi connectivity index (χ4v) is 4.69. The maximum absolute atomic E-state index is 12.9. The van der Waals surface area contributed by atoms with Crippen molar-refractivity contribution in [2.75, 3.05) is 16.8 Å². The number of nitrogens with two attached hydrogens (primary N) is 1. The van der Waals surface area contributed by atoms with E-state index in [1.165, 1.54) is 18.2 Å². The topological polar surface area (TPSA) is 94.2 Å². The van der Waals surface area contributed by atoms with Gasteiger partial charge in [0.1, 0.15) is 5.03 Å². The predicted molar refractivity (Wildman–Crippen MR) is 125 cm³/mol. The number of benzene rings is 2. The Morgan fingerprint density at radius 3 is 2.48 bits per heavy atom. The molecule has 0 unspecified atom stereocenters. The van der Waals surface area contributed by atoms with Crippen molar-refractivity contribution in [2.45, 2.75) is 18.0 Å². The van der Waals surface area contributed by atoms with Crippen LogP contribution in [0.2, 0.25) is 0 Å². The van der Waals surface area contributed by atoms with Crippen LogP contribution in [0.3, 0.4) is 0 Å². The molecule has 1 amide bonds. The summed E-state index contributed by atoms with van der Waals surface area (Å²) in [4.78, 5) is 12.3. The number of nitrogen functional groups attached to an aromatic ring is 1. The van der Waals surface area contributed by atoms with E-state index in [2.05, 4.69) is 11.9 Å². The summed E-state index contributed by atoms with van der Waals surface area (Å²) in [5.74, 6) is -0.586. The molecular weight excluding hydrogens is 410 g/mol. The van der Waals surface area contributed by atoms with Crippen LogP contribution >= 0.6 is 0 Å². The van der Waals surface area contributed by atoms with Crippen molar-refractivity contribution in [1.82, 2.24) is 4.57 Å². The largest absolute Gasteiger partial charge is 0.397 e. The number of anilines is 2. The summed E-state index contributed by atoms with van der Waals surface area (Å²) in [7, 11) is -3.60. The summed E-state index contributed by atoms with van der Waals surface area (Å²) in [6, 6.07) is 18.5. The lowest BCUT2D eigenvalue weighted by atomic mass is 10.1. The molecule has 0 aliphatic heterocycles. The van der Waals surface area contributed by atoms with Gasteiger partial charge in [-0.25, -0.2) is 8.42 Å². The quantitative estimate of drug-likeness (QED) is 0.303. The van der Waals surface area contributed by atoms with Gasteiger partial charge in [-0.15, -0.1) is 6.58 Å². The summed E-state index contributed by atoms with van der Waals surface area (Å²) < 4.78 is 27.5. The lowest BCUT2D eigenvalue weighted by Gasteiger charge is -2.11. The molecule has 0 fully saturated rings. The van der Waals surface area contributed by atoms with Crippen LogP contribution in [0.5, 0.6) is 0 Å². The first-order chi connectivity index (χ1) is 14.9. The molecule has 7 heteroatoms. The van der Waals surface area contributed by atoms with Crippen LogP contribution in [0.4, 0.5) is 11.4 Å². The zero-order valence-corrected chi connectivity index (χ0v) is 17.9. The van der Waals surface area contributed by atoms with Crippen molar-refractivity contribution in [2.24, 2.45) is 0 Å². The van der Waals surface area contributed by atoms with E-state index in [0.29, 0.717) is 29.9 Å². The smallest absolute Gasteiger partial charge is 0.248 e. The number of aryl methyl sites for hydroxylation is 2. The fraction of sp³-hybridized carbons (Fsp3) is 0.125. The molecule has 3 aromatic rings. The van der Waals surface area contributed by atoms with E-state index >= 15 is 0 Å². The van der Waals surface area contributed by atoms with Crippen molar-refractivity contribution in [3.8, 4) is 0 Å². The van der Waals surface area contributed by atoms with Crippen molar-refractivity contribution < 1.29 is 13.2 Å². The van der Waals surface area contributed by atoms with Gasteiger partial charge in [0.05, 0.1) is 17.1 Å². The second kappa shape index (κ2) is 9.95. The molecule has 0 aliphatic carbocycles. The molecule has 160 valence electrons. The number of nitrogens with one attached hydrogen (secondary N) is 1. The van der Waals surface area contributed by atoms with Gasteiger partial charge in [0.25, 0.3) is 0 Å². The Bertz CT molecular complexity index is 1200. The number of aromatic nitrogens is 1. The molecule has 3 rings (SSSR count). The predicted octanol–water partition coefficient (Wildman–Crippen LogP) is 3.92. The van der Waals surface area contributed by atoms with E-state index < -0.39 is 15.7 Å². The molecule has 3 N–H and O–H groups in total. The van der Waals surface area contributed by atoms with E-state index in [4.69, 9.17) is 5.73 Å². The minimum absolute atomic E-state index is 0.173. The second-order valence-electron chi connectivity index (χ2n) is 6.99. The molecule has 0 radical (unpaired) electrons. The molecule has 0 saturated heterocycles. The van der Waals surface area contributed by atoms with E-state index in [0.717, 1.165) is 5.56 Å². The molecule has 0 aliphatic rings. The molecule has 31 heavy (non-hydrogen) atoms. The Kier molecular flexibility index (Phi) is 7.10. The molecule has 1 aromatic heterocycles. The molecule has 2 aromatic carbocycles. The summed E-state index contributed by atoms with van der Waals surface area (Å²) >= 11 is 0. The lowest BCUT2D eigenvalue weighted by molar-refractivity contribution is -0.111. The average molecular weight is 436 g/mol. The van der Waals surface area contributed by atoms with Crippen LogP contribution < -0.4 is 11.1 Å². The van der Waals surface area contributed by atoms with Crippen LogP contribution in [-0.2, 0) is 27.6 Å². The third-order valence-corrected chi connectivity index (χ3v) is 6.42. The fourth-order valence-electron chi connectivity index (χ4n) is 3.22. The maximum Gasteiger partial charge on any atom is 0.248 e. The molecule has 0 saturated carbocycles. The average Bonchev–Trinajstić information content (AvgIpc) is 3.17. The zero-order valence-electron chi connectivity index (χ0n) is 17.1. The van der Waals surface area contributed by atoms with Gasteiger partial charge in [-0.1, -0.05) is 48.5 Å². The third-order valence-electron chi connectivity index (χ3n) is 4.69. The molecule has 0 spiro atoms. The molecule has 6 nitrogen and oxygen atoms in total. The first kappa shape index (κ1) is 22.1. The van der Waals surface area contributed by atoms with Gasteiger partial charge in [-0.05, 0) is 36.3 Å². The highest BCUT2D eigenvalue weighted by Gasteiger charge is 2.21. The number of nitrogens with zero attached hydrogens (tertiary/aromatic N) is 1. The maximum atomic E-state index is 12.9. The highest BCUT2D eigenvalue weighted by molar-refractivity contribution is 7.91. The third kappa shape index (κ3) is 5.73. The van der Waals surface area contributed by atoms with Crippen LogP contribution in [0.15, 0.2) is 90.6 Å². The molecule has 1 heterocycles. The number of hydrogen-bond donors (Lipinski definition) is 2. The molecule has 0 bridgehead atoms. The Labute approximate surface area is 182 Å². The number of amides is 1. The minimum atomic E-state index is -3.60. The van der Waals surface area contributed by atoms with E-state index in [9.17, 15) is 13.2 Å². The minimum Gasteiger partial charge on any atom is -0.397 e. The summed E-state index contributed by atoms with van der Waals surface area (Å²) in [5, 5.41) is 2.87. The Balaban J connectivity index is 1.84. The number of hydrogen-bond acceptors (Lipinski definition) is 4. The van der Waals surface area contributed by atoms with Crippen molar-refractivity contribution >= 4 is 33.2 Å². The van der Waals surface area contributed by atoms with E-state index in [1.54, 1.807) is 41.1 Å². The standard InChI is InChI=1S/C24H25N3O3S/c1-2-18-31(29,30)24-20(12-13-23(28)26-22-11-7-6-10-21(22)25)15-17-27(24)16-14-19-8-4-3-5-9-19/h2-13,15,17H,1,14,16,18,25H2,(H,26,28)/b13-12+. The van der Waals surface area contributed by atoms with Gasteiger partial charge in [0.15, 0.2) is 9.84 Å². The van der Waals surface area contributed by atoms with Gasteiger partial charge in [0.2, 0.25) is 5.91 Å². The van der Waals surface area contributed by atoms with Gasteiger partial charge >= 0.3 is 0 Å². The zero-order chi connectivity index (χ0) is 22.3. The van der Waals surface area contributed by atoms with Crippen LogP contribution in [-0.4, -0.2) is 24.6 Å². The Morgan fingerprint density at radius 2 is 1.77 bits per heavy atom. The SMILES string of the molecule is C=CCS(=O)(=O)c1c(/C=C/C(=O)Nc2ccccc2N)ccn1CCc1ccccc1. The van der Waals surface area contributed by atoms with Gasteiger partial charge < -0.3 is 15.6 Å². The van der Waals surface area contributed by atoms with Crippen molar-refractivity contribution in [1.29, 1.82) is 0 Å². The number of sulfone groups is 1. The van der Waals surface area contributed by atoms with Crippen molar-refractivity contribution in [3.63, 3.8) is 0 Å². The summed E-state index contributed by atoms with van der Waals surface area (Å²) in [6.45, 7) is 4.05. The monoisotopic (exact) mass is 435 g/mol. The highest BCUT2D eigenvalue weighted by atomic mass is 32.2. The number of para-hydroxylation sites is 2. The lowest BCUT2D eigenvalue weighted by Crippen LogP contribution is -2.14. The van der Waals surface area contributed by atoms with Crippen LogP contribution in [0, 0.1) is 0 Å². The number of carbonyl (C=O) groups is 1. The Hall–Kier alpha value is -3.58. The first-order valence-corrected chi connectivity index (χ1v) is 11.5. The number of carbonyl (C=O) groups excluding carboxylic acids is 1. The number of rotatable bonds is 9. The van der Waals surface area contributed by atoms with E-state index in [-0.39, 0.29) is 10.8 Å². The second-order valence-corrected chi connectivity index (χ2v) is 8.93. The normalized spacial score (nSPS) is 11.5. The first-order valence-electron chi connectivity index (χ1n) is 9.81. The summed E-state index contributed by atoms with van der Waals surface area (Å²) in [5.41, 5.74) is 8.35. The molecular formula is C24H25N3O3S. The van der Waals surface area contributed by atoms with Gasteiger partial charge in [0, 0.05) is 24.4 Å². The molecule has 0 atom stereocenters. The summed E-state index contributed by atoms with van der Waals surface area (Å²) in [6.07, 6.45) is 6.58. The van der Waals surface area contributed by atoms with Gasteiger partial charge in [-0.3, -0.25) is 4.79 Å². The van der Waals surface area contributed by atoms with Crippen LogP contribution in [0.25, 0.3) is 6.08 Å². The van der Waals surface area contributed by atoms with Crippen LogP contribution in [0.1, 0.15) is 11.1 Å². The highest BCUT2D eigenvalue weighted by Crippen LogP contribution is 2.22.